The van der Waals surface area contributed by atoms with Gasteiger partial charge < -0.3 is 25.4 Å². The number of benzene rings is 2. The van der Waals surface area contributed by atoms with Crippen LogP contribution in [-0.2, 0) is 20.9 Å². The highest BCUT2D eigenvalue weighted by molar-refractivity contribution is 5.96. The molecule has 182 valence electrons. The van der Waals surface area contributed by atoms with Gasteiger partial charge >= 0.3 is 12.1 Å². The van der Waals surface area contributed by atoms with E-state index < -0.39 is 24.0 Å². The van der Waals surface area contributed by atoms with Crippen molar-refractivity contribution >= 4 is 23.7 Å². The van der Waals surface area contributed by atoms with Gasteiger partial charge in [-0.1, -0.05) is 48.5 Å². The Bertz CT molecular complexity index is 1190. The number of ether oxygens (including phenoxy) is 1. The molecule has 1 aliphatic rings. The molecule has 0 radical (unpaired) electrons. The van der Waals surface area contributed by atoms with Crippen molar-refractivity contribution in [1.82, 2.24) is 20.0 Å². The number of carboxylic acids is 1. The molecule has 4 rings (SSSR count). The van der Waals surface area contributed by atoms with Gasteiger partial charge in [0.05, 0.1) is 11.9 Å². The van der Waals surface area contributed by atoms with Crippen molar-refractivity contribution in [2.45, 2.75) is 18.5 Å². The third-order valence-electron chi connectivity index (χ3n) is 5.70. The van der Waals surface area contributed by atoms with E-state index in [4.69, 9.17) is 9.84 Å². The maximum atomic E-state index is 12.8. The maximum absolute atomic E-state index is 12.8. The largest absolute Gasteiger partial charge is 0.480 e. The third kappa shape index (κ3) is 5.67. The van der Waals surface area contributed by atoms with Crippen LogP contribution in [0.2, 0.25) is 0 Å². The summed E-state index contributed by atoms with van der Waals surface area (Å²) in [5.74, 6) is -1.61. The lowest BCUT2D eigenvalue weighted by Crippen LogP contribution is -2.49. The molecule has 1 atom stereocenters. The summed E-state index contributed by atoms with van der Waals surface area (Å²) < 4.78 is 6.76. The lowest BCUT2D eigenvalue weighted by Gasteiger charge is -2.22. The van der Waals surface area contributed by atoms with E-state index in [0.29, 0.717) is 5.69 Å². The van der Waals surface area contributed by atoms with Crippen LogP contribution in [0.15, 0.2) is 60.9 Å². The first-order chi connectivity index (χ1) is 16.8. The number of aliphatic carboxylic acids is 1. The molecular weight excluding hydrogens is 450 g/mol. The van der Waals surface area contributed by atoms with E-state index in [2.05, 4.69) is 27.9 Å². The molecule has 10 nitrogen and oxygen atoms in total. The van der Waals surface area contributed by atoms with Gasteiger partial charge in [0, 0.05) is 18.7 Å². The number of amides is 2. The summed E-state index contributed by atoms with van der Waals surface area (Å²) in [6.45, 7) is 0.0480. The van der Waals surface area contributed by atoms with Gasteiger partial charge in [-0.05, 0) is 36.3 Å². The molecule has 1 aliphatic carbocycles. The zero-order valence-electron chi connectivity index (χ0n) is 19.5. The number of carbonyl (C=O) groups is 3. The van der Waals surface area contributed by atoms with E-state index in [1.807, 2.05) is 36.4 Å². The van der Waals surface area contributed by atoms with Crippen molar-refractivity contribution in [2.24, 2.45) is 0 Å². The van der Waals surface area contributed by atoms with Crippen LogP contribution in [0.5, 0.6) is 0 Å². The van der Waals surface area contributed by atoms with Gasteiger partial charge in [-0.15, -0.1) is 0 Å². The van der Waals surface area contributed by atoms with Gasteiger partial charge in [-0.25, -0.2) is 4.79 Å². The minimum atomic E-state index is -1.05. The minimum Gasteiger partial charge on any atom is -0.480 e. The fourth-order valence-electron chi connectivity index (χ4n) is 4.22. The molecule has 0 saturated heterocycles. The predicted molar refractivity (Wildman–Crippen MR) is 129 cm³/mol. The monoisotopic (exact) mass is 477 g/mol. The molecule has 3 aromatic rings. The molecule has 0 unspecified atom stereocenters. The van der Waals surface area contributed by atoms with Crippen molar-refractivity contribution in [3.63, 3.8) is 0 Å². The average Bonchev–Trinajstić information content (AvgIpc) is 3.38. The second kappa shape index (κ2) is 10.4. The second-order valence-electron chi connectivity index (χ2n) is 8.59. The van der Waals surface area contributed by atoms with Crippen LogP contribution >= 0.6 is 0 Å². The first-order valence-corrected chi connectivity index (χ1v) is 11.1. The molecule has 0 saturated carbocycles. The van der Waals surface area contributed by atoms with E-state index >= 15 is 0 Å². The molecule has 0 bridgehead atoms. The highest BCUT2D eigenvalue weighted by Crippen LogP contribution is 2.44. The van der Waals surface area contributed by atoms with Gasteiger partial charge in [0.15, 0.2) is 0 Å². The van der Waals surface area contributed by atoms with E-state index in [9.17, 15) is 14.4 Å². The van der Waals surface area contributed by atoms with Crippen molar-refractivity contribution < 1.29 is 24.2 Å². The van der Waals surface area contributed by atoms with Crippen LogP contribution in [0.3, 0.4) is 0 Å². The number of nitrogens with one attached hydrogen (secondary N) is 2. The van der Waals surface area contributed by atoms with E-state index in [1.54, 1.807) is 19.0 Å². The third-order valence-corrected chi connectivity index (χ3v) is 5.70. The van der Waals surface area contributed by atoms with Gasteiger partial charge in [-0.2, -0.15) is 5.10 Å². The molecule has 1 heterocycles. The highest BCUT2D eigenvalue weighted by Gasteiger charge is 2.30. The Morgan fingerprint density at radius 2 is 1.71 bits per heavy atom. The normalized spacial score (nSPS) is 13.1. The molecule has 0 aliphatic heterocycles. The fourth-order valence-corrected chi connectivity index (χ4v) is 4.22. The van der Waals surface area contributed by atoms with Crippen LogP contribution in [0, 0.1) is 0 Å². The Labute approximate surface area is 202 Å². The van der Waals surface area contributed by atoms with Crippen LogP contribution in [0.1, 0.15) is 17.0 Å². The highest BCUT2D eigenvalue weighted by atomic mass is 16.5. The summed E-state index contributed by atoms with van der Waals surface area (Å²) in [7, 11) is 3.56. The Kier molecular flexibility index (Phi) is 7.11. The molecular formula is C25H27N5O5. The summed E-state index contributed by atoms with van der Waals surface area (Å²) in [4.78, 5) is 38.1. The molecule has 1 aromatic heterocycles. The van der Waals surface area contributed by atoms with E-state index in [1.165, 1.54) is 17.1 Å². The van der Waals surface area contributed by atoms with Crippen LogP contribution in [-0.4, -0.2) is 71.0 Å². The number of rotatable bonds is 9. The Morgan fingerprint density at radius 1 is 1.09 bits per heavy atom. The lowest BCUT2D eigenvalue weighted by atomic mass is 9.98. The number of fused-ring (bicyclic) bond motifs is 3. The van der Waals surface area contributed by atoms with Crippen molar-refractivity contribution in [2.75, 3.05) is 32.6 Å². The van der Waals surface area contributed by atoms with Gasteiger partial charge in [0.25, 0.3) is 0 Å². The average molecular weight is 478 g/mol. The number of hydrogen-bond acceptors (Lipinski definition) is 6. The number of carboxylic acid groups (broad SMARTS) is 1. The van der Waals surface area contributed by atoms with E-state index in [-0.39, 0.29) is 25.6 Å². The summed E-state index contributed by atoms with van der Waals surface area (Å²) in [5.41, 5.74) is 4.79. The van der Waals surface area contributed by atoms with Crippen molar-refractivity contribution in [3.8, 4) is 11.1 Å². The van der Waals surface area contributed by atoms with Crippen LogP contribution in [0.25, 0.3) is 11.1 Å². The number of nitrogens with zero attached hydrogens (tertiary/aromatic N) is 3. The number of carbonyl (C=O) groups excluding carboxylic acids is 2. The van der Waals surface area contributed by atoms with Crippen LogP contribution in [0.4, 0.5) is 10.5 Å². The summed E-state index contributed by atoms with van der Waals surface area (Å²) in [5, 5.41) is 18.1. The Balaban J connectivity index is 1.40. The van der Waals surface area contributed by atoms with E-state index in [0.717, 1.165) is 22.3 Å². The molecule has 10 heteroatoms. The van der Waals surface area contributed by atoms with Crippen molar-refractivity contribution in [3.05, 3.63) is 72.1 Å². The fraction of sp³-hybridized carbons (Fsp3) is 0.280. The van der Waals surface area contributed by atoms with Crippen LogP contribution < -0.4 is 10.6 Å². The smallest absolute Gasteiger partial charge is 0.407 e. The summed E-state index contributed by atoms with van der Waals surface area (Å²) in [6.07, 6.45) is 2.06. The number of anilines is 1. The standard InChI is InChI=1S/C25H27N5O5/c1-29(2)13-22(24(33)27-16-11-26-30(12-16)14-23(31)32)28-25(34)35-15-21-19-9-5-3-7-17(19)18-8-4-6-10-20(18)21/h3-12,21-22H,13-15H2,1-2H3,(H,27,33)(H,28,34)(H,31,32)/t22-/m0/s1. The zero-order valence-corrected chi connectivity index (χ0v) is 19.5. The minimum absolute atomic E-state index is 0.0886. The molecule has 0 spiro atoms. The van der Waals surface area contributed by atoms with Crippen molar-refractivity contribution in [1.29, 1.82) is 0 Å². The van der Waals surface area contributed by atoms with Gasteiger partial charge in [0.2, 0.25) is 5.91 Å². The quantitative estimate of drug-likeness (QED) is 0.432. The Hall–Kier alpha value is -4.18. The van der Waals surface area contributed by atoms with Gasteiger partial charge in [-0.3, -0.25) is 14.3 Å². The topological polar surface area (TPSA) is 126 Å². The molecule has 0 fully saturated rings. The summed E-state index contributed by atoms with van der Waals surface area (Å²) >= 11 is 0. The molecule has 2 amide bonds. The second-order valence-corrected chi connectivity index (χ2v) is 8.59. The van der Waals surface area contributed by atoms with Gasteiger partial charge in [0.1, 0.15) is 19.2 Å². The number of alkyl carbamates (subject to hydrolysis) is 1. The molecule has 3 N–H and O–H groups in total. The first-order valence-electron chi connectivity index (χ1n) is 11.1. The zero-order chi connectivity index (χ0) is 24.9. The number of aromatic nitrogens is 2. The number of hydrogen-bond donors (Lipinski definition) is 3. The Morgan fingerprint density at radius 3 is 2.31 bits per heavy atom. The first kappa shape index (κ1) is 24.0. The SMILES string of the molecule is CN(C)C[C@H](NC(=O)OCC1c2ccccc2-c2ccccc21)C(=O)Nc1cnn(CC(=O)O)c1. The molecule has 35 heavy (non-hydrogen) atoms. The predicted octanol–water partition coefficient (Wildman–Crippen LogP) is 2.38. The lowest BCUT2D eigenvalue weighted by molar-refractivity contribution is -0.137. The number of likely N-dealkylation sites (N-methyl/N-ethyl adjacent to an activating group) is 1. The molecule has 2 aromatic carbocycles. The summed E-state index contributed by atoms with van der Waals surface area (Å²) in [6, 6.07) is 15.2. The maximum Gasteiger partial charge on any atom is 0.407 e.